The van der Waals surface area contributed by atoms with Gasteiger partial charge in [-0.3, -0.25) is 9.48 Å². The van der Waals surface area contributed by atoms with Gasteiger partial charge in [0, 0.05) is 29.2 Å². The summed E-state index contributed by atoms with van der Waals surface area (Å²) < 4.78 is 2.72. The van der Waals surface area contributed by atoms with Crippen molar-refractivity contribution in [3.05, 3.63) is 51.7 Å². The minimum absolute atomic E-state index is 0.153. The van der Waals surface area contributed by atoms with Crippen LogP contribution in [0.4, 0.5) is 0 Å². The van der Waals surface area contributed by atoms with E-state index in [-0.39, 0.29) is 5.78 Å². The van der Waals surface area contributed by atoms with Crippen molar-refractivity contribution in [2.75, 3.05) is 0 Å². The van der Waals surface area contributed by atoms with Gasteiger partial charge in [0.1, 0.15) is 0 Å². The average molecular weight is 328 g/mol. The van der Waals surface area contributed by atoms with Crippen LogP contribution in [0.25, 0.3) is 0 Å². The largest absolute Gasteiger partial charge is 0.294 e. The number of aromatic nitrogens is 2. The lowest BCUT2D eigenvalue weighted by atomic mass is 10.1. The van der Waals surface area contributed by atoms with Gasteiger partial charge >= 0.3 is 0 Å². The molecule has 0 unspecified atom stereocenters. The monoisotopic (exact) mass is 326 g/mol. The molecule has 0 radical (unpaired) electrons. The maximum atomic E-state index is 11.9. The van der Waals surface area contributed by atoms with E-state index in [0.717, 1.165) is 16.5 Å². The fourth-order valence-electron chi connectivity index (χ4n) is 1.64. The third-order valence-corrected chi connectivity index (χ3v) is 3.28. The Balaban J connectivity index is 1.83. The van der Waals surface area contributed by atoms with E-state index in [9.17, 15) is 4.79 Å². The van der Waals surface area contributed by atoms with Crippen molar-refractivity contribution in [2.24, 2.45) is 0 Å². The molecule has 0 fully saturated rings. The minimum atomic E-state index is 0.153. The quantitative estimate of drug-likeness (QED) is 0.779. The molecule has 0 amide bonds. The summed E-state index contributed by atoms with van der Waals surface area (Å²) >= 11 is 9.10. The Labute approximate surface area is 119 Å². The topological polar surface area (TPSA) is 34.9 Å². The summed E-state index contributed by atoms with van der Waals surface area (Å²) in [6.07, 6.45) is 4.62. The molecule has 18 heavy (non-hydrogen) atoms. The molecule has 1 heterocycles. The van der Waals surface area contributed by atoms with E-state index in [2.05, 4.69) is 21.0 Å². The van der Waals surface area contributed by atoms with Gasteiger partial charge in [-0.05, 0) is 18.6 Å². The van der Waals surface area contributed by atoms with E-state index in [1.807, 2.05) is 24.3 Å². The fraction of sp³-hybridized carbons (Fsp3) is 0.231. The summed E-state index contributed by atoms with van der Waals surface area (Å²) in [5.74, 6) is 0.153. The highest BCUT2D eigenvalue weighted by molar-refractivity contribution is 9.10. The molecule has 3 nitrogen and oxygen atoms in total. The molecule has 0 atom stereocenters. The highest BCUT2D eigenvalue weighted by Gasteiger charge is 2.05. The van der Waals surface area contributed by atoms with Crippen LogP contribution < -0.4 is 0 Å². The Morgan fingerprint density at radius 1 is 1.33 bits per heavy atom. The Bertz CT molecular complexity index is 536. The van der Waals surface area contributed by atoms with Gasteiger partial charge in [-0.25, -0.2) is 0 Å². The Kier molecular flexibility index (Phi) is 4.55. The van der Waals surface area contributed by atoms with Crippen LogP contribution in [-0.4, -0.2) is 15.6 Å². The molecule has 2 aromatic rings. The van der Waals surface area contributed by atoms with Crippen LogP contribution in [0.2, 0.25) is 5.02 Å². The molecule has 0 aliphatic heterocycles. The van der Waals surface area contributed by atoms with E-state index in [0.29, 0.717) is 18.0 Å². The summed E-state index contributed by atoms with van der Waals surface area (Å²) in [7, 11) is 0. The standard InChI is InChI=1S/C13H12BrClN2O/c14-11-5-3-10(4-6-11)13(18)2-1-7-17-9-12(15)8-16-17/h3-6,8-9H,1-2,7H2. The number of rotatable bonds is 5. The highest BCUT2D eigenvalue weighted by Crippen LogP contribution is 2.13. The first-order chi connectivity index (χ1) is 8.65. The number of hydrogen-bond donors (Lipinski definition) is 0. The Hall–Kier alpha value is -1.13. The lowest BCUT2D eigenvalue weighted by Gasteiger charge is -2.02. The van der Waals surface area contributed by atoms with E-state index in [4.69, 9.17) is 11.6 Å². The van der Waals surface area contributed by atoms with Gasteiger partial charge in [0.25, 0.3) is 0 Å². The molecule has 0 bridgehead atoms. The normalized spacial score (nSPS) is 10.6. The predicted octanol–water partition coefficient (Wildman–Crippen LogP) is 3.96. The van der Waals surface area contributed by atoms with Crippen molar-refractivity contribution in [3.8, 4) is 0 Å². The van der Waals surface area contributed by atoms with Gasteiger partial charge < -0.3 is 0 Å². The van der Waals surface area contributed by atoms with Crippen LogP contribution in [0.15, 0.2) is 41.1 Å². The van der Waals surface area contributed by atoms with Gasteiger partial charge in [-0.15, -0.1) is 0 Å². The number of benzene rings is 1. The summed E-state index contributed by atoms with van der Waals surface area (Å²) in [4.78, 5) is 11.9. The second-order valence-electron chi connectivity index (χ2n) is 3.96. The molecule has 0 saturated carbocycles. The number of Topliss-reactive ketones (excluding diaryl/α,β-unsaturated/α-hetero) is 1. The lowest BCUT2D eigenvalue weighted by Crippen LogP contribution is -2.03. The van der Waals surface area contributed by atoms with Crippen molar-refractivity contribution in [1.29, 1.82) is 0 Å². The molecule has 0 N–H and O–H groups in total. The second-order valence-corrected chi connectivity index (χ2v) is 5.31. The number of halogens is 2. The van der Waals surface area contributed by atoms with E-state index < -0.39 is 0 Å². The number of carbonyl (C=O) groups excluding carboxylic acids is 1. The van der Waals surface area contributed by atoms with E-state index >= 15 is 0 Å². The number of aryl methyl sites for hydroxylation is 1. The molecule has 94 valence electrons. The molecule has 2 rings (SSSR count). The first-order valence-electron chi connectivity index (χ1n) is 5.62. The second kappa shape index (κ2) is 6.16. The third-order valence-electron chi connectivity index (χ3n) is 2.56. The van der Waals surface area contributed by atoms with Crippen LogP contribution in [0.3, 0.4) is 0 Å². The zero-order chi connectivity index (χ0) is 13.0. The maximum Gasteiger partial charge on any atom is 0.162 e. The molecule has 0 saturated heterocycles. The third kappa shape index (κ3) is 3.68. The van der Waals surface area contributed by atoms with Gasteiger partial charge in [0.2, 0.25) is 0 Å². The van der Waals surface area contributed by atoms with Crippen LogP contribution in [0, 0.1) is 0 Å². The predicted molar refractivity (Wildman–Crippen MR) is 74.9 cm³/mol. The van der Waals surface area contributed by atoms with E-state index in [1.165, 1.54) is 0 Å². The number of hydrogen-bond acceptors (Lipinski definition) is 2. The van der Waals surface area contributed by atoms with Crippen LogP contribution in [-0.2, 0) is 6.54 Å². The van der Waals surface area contributed by atoms with Crippen molar-refractivity contribution < 1.29 is 4.79 Å². The van der Waals surface area contributed by atoms with Gasteiger partial charge in [0.15, 0.2) is 5.78 Å². The molecule has 1 aromatic heterocycles. The first kappa shape index (κ1) is 13.3. The van der Waals surface area contributed by atoms with Gasteiger partial charge in [-0.1, -0.05) is 39.7 Å². The van der Waals surface area contributed by atoms with Crippen molar-refractivity contribution in [2.45, 2.75) is 19.4 Å². The SMILES string of the molecule is O=C(CCCn1cc(Cl)cn1)c1ccc(Br)cc1. The lowest BCUT2D eigenvalue weighted by molar-refractivity contribution is 0.0978. The van der Waals surface area contributed by atoms with Gasteiger partial charge in [-0.2, -0.15) is 5.10 Å². The molecule has 0 spiro atoms. The van der Waals surface area contributed by atoms with Crippen molar-refractivity contribution in [1.82, 2.24) is 9.78 Å². The average Bonchev–Trinajstić information content (AvgIpc) is 2.76. The molecular formula is C13H12BrClN2O. The summed E-state index contributed by atoms with van der Waals surface area (Å²) in [5, 5.41) is 4.68. The number of nitrogens with zero attached hydrogens (tertiary/aromatic N) is 2. The number of carbonyl (C=O) groups is 1. The first-order valence-corrected chi connectivity index (χ1v) is 6.79. The zero-order valence-corrected chi connectivity index (χ0v) is 12.0. The van der Waals surface area contributed by atoms with E-state index in [1.54, 1.807) is 17.1 Å². The Morgan fingerprint density at radius 3 is 2.67 bits per heavy atom. The summed E-state index contributed by atoms with van der Waals surface area (Å²) in [6, 6.07) is 7.41. The van der Waals surface area contributed by atoms with Crippen molar-refractivity contribution >= 4 is 33.3 Å². The molecule has 1 aromatic carbocycles. The zero-order valence-electron chi connectivity index (χ0n) is 9.64. The molecule has 0 aliphatic rings. The maximum absolute atomic E-state index is 11.9. The smallest absolute Gasteiger partial charge is 0.162 e. The summed E-state index contributed by atoms with van der Waals surface area (Å²) in [6.45, 7) is 0.703. The fourth-order valence-corrected chi connectivity index (χ4v) is 2.06. The van der Waals surface area contributed by atoms with Crippen molar-refractivity contribution in [3.63, 3.8) is 0 Å². The highest BCUT2D eigenvalue weighted by atomic mass is 79.9. The van der Waals surface area contributed by atoms with Crippen LogP contribution in [0.5, 0.6) is 0 Å². The van der Waals surface area contributed by atoms with Crippen LogP contribution >= 0.6 is 27.5 Å². The van der Waals surface area contributed by atoms with Gasteiger partial charge in [0.05, 0.1) is 11.2 Å². The summed E-state index contributed by atoms with van der Waals surface area (Å²) in [5.41, 5.74) is 0.747. The molecular weight excluding hydrogens is 316 g/mol. The Morgan fingerprint density at radius 2 is 2.06 bits per heavy atom. The molecule has 5 heteroatoms. The number of ketones is 1. The van der Waals surface area contributed by atoms with Crippen LogP contribution in [0.1, 0.15) is 23.2 Å². The minimum Gasteiger partial charge on any atom is -0.294 e. The molecule has 0 aliphatic carbocycles.